The smallest absolute Gasteiger partial charge is 0.231 e. The van der Waals surface area contributed by atoms with E-state index in [-0.39, 0.29) is 29.6 Å². The van der Waals surface area contributed by atoms with Gasteiger partial charge < -0.3 is 19.4 Å². The zero-order valence-corrected chi connectivity index (χ0v) is 15.9. The molecule has 1 aromatic heterocycles. The summed E-state index contributed by atoms with van der Waals surface area (Å²) in [6.07, 6.45) is 1.46. The van der Waals surface area contributed by atoms with Crippen LogP contribution in [-0.2, 0) is 10.5 Å². The molecule has 1 amide bonds. The van der Waals surface area contributed by atoms with Crippen LogP contribution in [-0.4, -0.2) is 33.4 Å². The summed E-state index contributed by atoms with van der Waals surface area (Å²) in [5.74, 6) is -0.0169. The number of hydrogen-bond donors (Lipinski definition) is 2. The predicted octanol–water partition coefficient (Wildman–Crippen LogP) is 3.03. The van der Waals surface area contributed by atoms with E-state index in [0.717, 1.165) is 0 Å². The van der Waals surface area contributed by atoms with Crippen LogP contribution in [0.3, 0.4) is 0 Å². The SMILES string of the molecule is CCOc1cc([C@H]2CC(=O)N3C(=C2C#N)SC[C@]3(O)c2ccco2)ccc1O. The fourth-order valence-corrected chi connectivity index (χ4v) is 4.95. The van der Waals surface area contributed by atoms with Crippen LogP contribution in [0.15, 0.2) is 51.6 Å². The van der Waals surface area contributed by atoms with Crippen molar-refractivity contribution in [3.05, 3.63) is 58.5 Å². The standard InChI is InChI=1S/C20H18N2O5S/c1-2-26-16-8-12(5-6-15(16)23)13-9-18(24)22-19(14(13)10-21)28-11-20(22,25)17-4-3-7-27-17/h3-8,13,23,25H,2,9,11H2,1H3/t13-,20+/m1/s1. The molecule has 2 atom stereocenters. The molecule has 0 unspecified atom stereocenters. The number of rotatable bonds is 4. The number of aromatic hydroxyl groups is 1. The van der Waals surface area contributed by atoms with Crippen LogP contribution in [0.25, 0.3) is 0 Å². The molecule has 8 heteroatoms. The lowest BCUT2D eigenvalue weighted by atomic mass is 9.85. The monoisotopic (exact) mass is 398 g/mol. The molecule has 0 spiro atoms. The zero-order chi connectivity index (χ0) is 19.9. The second-order valence-electron chi connectivity index (χ2n) is 6.56. The molecule has 3 heterocycles. The van der Waals surface area contributed by atoms with Crippen LogP contribution in [0.1, 0.15) is 30.6 Å². The number of nitriles is 1. The van der Waals surface area contributed by atoms with Gasteiger partial charge in [0.25, 0.3) is 0 Å². The van der Waals surface area contributed by atoms with E-state index in [0.29, 0.717) is 28.5 Å². The summed E-state index contributed by atoms with van der Waals surface area (Å²) in [5.41, 5.74) is -0.508. The number of aliphatic hydroxyl groups is 1. The number of allylic oxidation sites excluding steroid dienone is 1. The Morgan fingerprint density at radius 2 is 2.29 bits per heavy atom. The number of carbonyl (C=O) groups excluding carboxylic acids is 1. The number of benzene rings is 1. The summed E-state index contributed by atoms with van der Waals surface area (Å²) in [4.78, 5) is 14.3. The van der Waals surface area contributed by atoms with Crippen LogP contribution in [0.5, 0.6) is 11.5 Å². The van der Waals surface area contributed by atoms with E-state index in [9.17, 15) is 20.3 Å². The van der Waals surface area contributed by atoms with Gasteiger partial charge in [0.1, 0.15) is 0 Å². The van der Waals surface area contributed by atoms with Gasteiger partial charge in [-0.1, -0.05) is 6.07 Å². The highest BCUT2D eigenvalue weighted by Crippen LogP contribution is 2.52. The van der Waals surface area contributed by atoms with Crippen molar-refractivity contribution in [2.24, 2.45) is 0 Å². The maximum absolute atomic E-state index is 13.0. The molecule has 2 aliphatic rings. The molecule has 4 rings (SSSR count). The molecule has 1 saturated heterocycles. The average molecular weight is 398 g/mol. The van der Waals surface area contributed by atoms with Gasteiger partial charge in [-0.25, -0.2) is 0 Å². The Morgan fingerprint density at radius 1 is 1.46 bits per heavy atom. The van der Waals surface area contributed by atoms with Crippen LogP contribution < -0.4 is 4.74 Å². The second-order valence-corrected chi connectivity index (χ2v) is 7.52. The van der Waals surface area contributed by atoms with Gasteiger partial charge in [0.15, 0.2) is 17.3 Å². The van der Waals surface area contributed by atoms with Crippen LogP contribution in [0.2, 0.25) is 0 Å². The maximum Gasteiger partial charge on any atom is 0.231 e. The van der Waals surface area contributed by atoms with Gasteiger partial charge in [0.05, 0.1) is 35.3 Å². The molecule has 0 radical (unpaired) electrons. The Kier molecular flexibility index (Phi) is 4.57. The number of phenols is 1. The summed E-state index contributed by atoms with van der Waals surface area (Å²) in [7, 11) is 0. The fourth-order valence-electron chi connectivity index (χ4n) is 3.62. The number of nitrogens with zero attached hydrogens (tertiary/aromatic N) is 2. The summed E-state index contributed by atoms with van der Waals surface area (Å²) in [5, 5.41) is 31.3. The molecule has 0 bridgehead atoms. The topological polar surface area (TPSA) is 107 Å². The number of ether oxygens (including phenoxy) is 1. The highest BCUT2D eigenvalue weighted by atomic mass is 32.2. The minimum Gasteiger partial charge on any atom is -0.504 e. The summed E-state index contributed by atoms with van der Waals surface area (Å²) in [6, 6.07) is 10.3. The molecule has 7 nitrogen and oxygen atoms in total. The van der Waals surface area contributed by atoms with E-state index >= 15 is 0 Å². The first-order valence-corrected chi connectivity index (χ1v) is 9.80. The lowest BCUT2D eigenvalue weighted by Gasteiger charge is -2.36. The van der Waals surface area contributed by atoms with Gasteiger partial charge in [0, 0.05) is 12.3 Å². The Balaban J connectivity index is 1.78. The van der Waals surface area contributed by atoms with Crippen molar-refractivity contribution in [3.8, 4) is 17.6 Å². The van der Waals surface area contributed by atoms with Gasteiger partial charge >= 0.3 is 0 Å². The van der Waals surface area contributed by atoms with E-state index < -0.39 is 11.6 Å². The Morgan fingerprint density at radius 3 is 2.96 bits per heavy atom. The minimum absolute atomic E-state index is 0.00274. The number of fused-ring (bicyclic) bond motifs is 1. The van der Waals surface area contributed by atoms with E-state index in [1.807, 2.05) is 0 Å². The average Bonchev–Trinajstić information content (AvgIpc) is 3.33. The van der Waals surface area contributed by atoms with Crippen molar-refractivity contribution in [1.29, 1.82) is 5.26 Å². The fraction of sp³-hybridized carbons (Fsp3) is 0.300. The van der Waals surface area contributed by atoms with Crippen molar-refractivity contribution in [2.45, 2.75) is 25.0 Å². The number of carbonyl (C=O) groups is 1. The van der Waals surface area contributed by atoms with Crippen LogP contribution >= 0.6 is 11.8 Å². The van der Waals surface area contributed by atoms with Crippen LogP contribution in [0.4, 0.5) is 0 Å². The molecule has 28 heavy (non-hydrogen) atoms. The zero-order valence-electron chi connectivity index (χ0n) is 15.1. The molecule has 2 N–H and O–H groups in total. The lowest BCUT2D eigenvalue weighted by molar-refractivity contribution is -0.152. The second kappa shape index (κ2) is 6.93. The summed E-state index contributed by atoms with van der Waals surface area (Å²) < 4.78 is 10.8. The molecular formula is C20H18N2O5S. The van der Waals surface area contributed by atoms with Gasteiger partial charge in [-0.05, 0) is 36.8 Å². The van der Waals surface area contributed by atoms with E-state index in [1.165, 1.54) is 29.0 Å². The third-order valence-corrected chi connectivity index (χ3v) is 6.14. The third kappa shape index (κ3) is 2.75. The molecule has 1 fully saturated rings. The lowest BCUT2D eigenvalue weighted by Crippen LogP contribution is -2.48. The number of phenolic OH excluding ortho intramolecular Hbond substituents is 1. The molecule has 1 aromatic carbocycles. The number of furan rings is 1. The first-order chi connectivity index (χ1) is 13.5. The largest absolute Gasteiger partial charge is 0.504 e. The molecule has 2 aromatic rings. The number of thioether (sulfide) groups is 1. The molecule has 0 saturated carbocycles. The Labute approximate surface area is 165 Å². The van der Waals surface area contributed by atoms with Crippen molar-refractivity contribution in [1.82, 2.24) is 4.90 Å². The highest BCUT2D eigenvalue weighted by molar-refractivity contribution is 8.03. The minimum atomic E-state index is -1.61. The summed E-state index contributed by atoms with van der Waals surface area (Å²) >= 11 is 1.26. The quantitative estimate of drug-likeness (QED) is 0.815. The predicted molar refractivity (Wildman–Crippen MR) is 101 cm³/mol. The van der Waals surface area contributed by atoms with Crippen LogP contribution in [0, 0.1) is 11.3 Å². The molecule has 0 aliphatic carbocycles. The summed E-state index contributed by atoms with van der Waals surface area (Å²) in [6.45, 7) is 2.19. The van der Waals surface area contributed by atoms with Gasteiger partial charge in [-0.15, -0.1) is 11.8 Å². The van der Waals surface area contributed by atoms with Gasteiger partial charge in [0.2, 0.25) is 11.6 Å². The first-order valence-electron chi connectivity index (χ1n) is 8.81. The number of amides is 1. The van der Waals surface area contributed by atoms with E-state index in [1.54, 1.807) is 31.2 Å². The number of hydrogen-bond acceptors (Lipinski definition) is 7. The van der Waals surface area contributed by atoms with E-state index in [4.69, 9.17) is 9.15 Å². The molecule has 144 valence electrons. The van der Waals surface area contributed by atoms with Gasteiger partial charge in [-0.2, -0.15) is 5.26 Å². The third-order valence-electron chi connectivity index (χ3n) is 4.91. The van der Waals surface area contributed by atoms with Gasteiger partial charge in [-0.3, -0.25) is 9.69 Å². The maximum atomic E-state index is 13.0. The van der Waals surface area contributed by atoms with E-state index in [2.05, 4.69) is 6.07 Å². The molecular weight excluding hydrogens is 380 g/mol. The first kappa shape index (κ1) is 18.5. The van der Waals surface area contributed by atoms with Crippen molar-refractivity contribution >= 4 is 17.7 Å². The van der Waals surface area contributed by atoms with Crippen molar-refractivity contribution in [3.63, 3.8) is 0 Å². The Bertz CT molecular complexity index is 995. The Hall–Kier alpha value is -2.89. The van der Waals surface area contributed by atoms with Crippen molar-refractivity contribution < 1.29 is 24.2 Å². The normalized spacial score (nSPS) is 24.2. The molecule has 2 aliphatic heterocycles. The van der Waals surface area contributed by atoms with Crippen molar-refractivity contribution in [2.75, 3.05) is 12.4 Å². The highest BCUT2D eigenvalue weighted by Gasteiger charge is 2.53.